The Morgan fingerprint density at radius 1 is 1.30 bits per heavy atom. The van der Waals surface area contributed by atoms with E-state index in [4.69, 9.17) is 16.3 Å². The molecule has 3 aromatic rings. The predicted molar refractivity (Wildman–Crippen MR) is 98.0 cm³/mol. The summed E-state index contributed by atoms with van der Waals surface area (Å²) in [4.78, 5) is 20.8. The normalized spacial score (nSPS) is 13.9. The molecule has 0 amide bonds. The van der Waals surface area contributed by atoms with Gasteiger partial charge in [0.15, 0.2) is 17.9 Å². The first kappa shape index (κ1) is 17.5. The molecule has 1 aliphatic rings. The molecule has 27 heavy (non-hydrogen) atoms. The highest BCUT2D eigenvalue weighted by Crippen LogP contribution is 2.16. The molecular formula is C17H16ClFN6O2. The van der Waals surface area contributed by atoms with Crippen molar-refractivity contribution in [3.05, 3.63) is 57.6 Å². The summed E-state index contributed by atoms with van der Waals surface area (Å²) in [5.74, 6) is 0.0610. The fourth-order valence-corrected chi connectivity index (χ4v) is 3.02. The number of nitrogens with zero attached hydrogens (tertiary/aromatic N) is 6. The van der Waals surface area contributed by atoms with E-state index < -0.39 is 0 Å². The first-order valence-corrected chi connectivity index (χ1v) is 8.64. The molecular weight excluding hydrogens is 375 g/mol. The van der Waals surface area contributed by atoms with Crippen LogP contribution < -0.4 is 5.56 Å². The van der Waals surface area contributed by atoms with E-state index in [1.165, 1.54) is 17.0 Å². The van der Waals surface area contributed by atoms with Gasteiger partial charge in [-0.2, -0.15) is 0 Å². The fourth-order valence-electron chi connectivity index (χ4n) is 2.86. The largest absolute Gasteiger partial charge is 0.456 e. The molecule has 10 heteroatoms. The van der Waals surface area contributed by atoms with Crippen LogP contribution in [-0.2, 0) is 24.8 Å². The monoisotopic (exact) mass is 390 g/mol. The fraction of sp³-hybridized carbons (Fsp3) is 0.294. The van der Waals surface area contributed by atoms with Gasteiger partial charge in [0.25, 0.3) is 5.56 Å². The Kier molecular flexibility index (Phi) is 4.53. The zero-order valence-electron chi connectivity index (χ0n) is 14.5. The Labute approximate surface area is 158 Å². The van der Waals surface area contributed by atoms with Crippen LogP contribution in [0.15, 0.2) is 40.7 Å². The second-order valence-electron chi connectivity index (χ2n) is 6.19. The van der Waals surface area contributed by atoms with Gasteiger partial charge in [-0.05, 0) is 24.1 Å². The summed E-state index contributed by atoms with van der Waals surface area (Å²) in [5.41, 5.74) is 1.17. The third-order valence-corrected chi connectivity index (χ3v) is 4.53. The van der Waals surface area contributed by atoms with Crippen molar-refractivity contribution in [3.63, 3.8) is 0 Å². The van der Waals surface area contributed by atoms with Crippen molar-refractivity contribution in [1.82, 2.24) is 24.1 Å². The Balaban J connectivity index is 1.44. The van der Waals surface area contributed by atoms with E-state index >= 15 is 0 Å². The molecule has 0 bridgehead atoms. The second kappa shape index (κ2) is 6.99. The maximum atomic E-state index is 13.8. The van der Waals surface area contributed by atoms with Crippen molar-refractivity contribution in [2.45, 2.75) is 13.0 Å². The number of hydrogen-bond donors (Lipinski definition) is 0. The van der Waals surface area contributed by atoms with E-state index in [2.05, 4.69) is 15.1 Å². The number of imidazole rings is 1. The average Bonchev–Trinajstić information content (AvgIpc) is 3.24. The zero-order chi connectivity index (χ0) is 19.0. The Hall–Kier alpha value is -2.94. The van der Waals surface area contributed by atoms with Crippen molar-refractivity contribution in [1.29, 1.82) is 0 Å². The molecule has 1 aliphatic heterocycles. The van der Waals surface area contributed by atoms with Gasteiger partial charge in [-0.1, -0.05) is 17.7 Å². The quantitative estimate of drug-likeness (QED) is 0.663. The number of rotatable bonds is 5. The van der Waals surface area contributed by atoms with Crippen LogP contribution in [0.5, 0.6) is 0 Å². The van der Waals surface area contributed by atoms with Crippen molar-refractivity contribution in [2.75, 3.05) is 13.3 Å². The molecule has 0 atom stereocenters. The van der Waals surface area contributed by atoms with E-state index in [-0.39, 0.29) is 24.7 Å². The van der Waals surface area contributed by atoms with Crippen LogP contribution in [0.4, 0.5) is 4.39 Å². The summed E-state index contributed by atoms with van der Waals surface area (Å²) in [6.45, 7) is 0.898. The third-order valence-electron chi connectivity index (χ3n) is 4.29. The highest BCUT2D eigenvalue weighted by Gasteiger charge is 2.18. The van der Waals surface area contributed by atoms with Gasteiger partial charge in [0, 0.05) is 18.6 Å². The Morgan fingerprint density at radius 2 is 2.11 bits per heavy atom. The average molecular weight is 391 g/mol. The molecule has 3 heterocycles. The lowest BCUT2D eigenvalue weighted by Gasteiger charge is -2.11. The van der Waals surface area contributed by atoms with Crippen molar-refractivity contribution < 1.29 is 9.13 Å². The molecule has 0 N–H and O–H groups in total. The molecule has 0 saturated heterocycles. The highest BCUT2D eigenvalue weighted by atomic mass is 35.5. The lowest BCUT2D eigenvalue weighted by Crippen LogP contribution is -2.25. The second-order valence-corrected chi connectivity index (χ2v) is 6.62. The smallest absolute Gasteiger partial charge is 0.280 e. The number of halogens is 2. The lowest BCUT2D eigenvalue weighted by atomic mass is 10.1. The van der Waals surface area contributed by atoms with Gasteiger partial charge in [0.1, 0.15) is 18.7 Å². The number of ether oxygens (including phenoxy) is 1. The summed E-state index contributed by atoms with van der Waals surface area (Å²) >= 11 is 5.76. The van der Waals surface area contributed by atoms with Crippen LogP contribution in [0.1, 0.15) is 5.56 Å². The topological polar surface area (TPSA) is 77.5 Å². The van der Waals surface area contributed by atoms with Crippen LogP contribution in [0.25, 0.3) is 11.2 Å². The molecule has 140 valence electrons. The van der Waals surface area contributed by atoms with Crippen molar-refractivity contribution in [2.24, 2.45) is 12.1 Å². The SMILES string of the molecule is Cn1cnc2ncn(CC3=NN(CCc4ccc(Cl)cc4F)CO3)c(=O)c21. The van der Waals surface area contributed by atoms with Crippen molar-refractivity contribution in [3.8, 4) is 0 Å². The molecule has 0 spiro atoms. The number of hydrogen-bond acceptors (Lipinski definition) is 6. The van der Waals surface area contributed by atoms with Crippen molar-refractivity contribution >= 4 is 28.7 Å². The minimum absolute atomic E-state index is 0.165. The first-order valence-electron chi connectivity index (χ1n) is 8.27. The van der Waals surface area contributed by atoms with Gasteiger partial charge in [-0.15, -0.1) is 5.10 Å². The van der Waals surface area contributed by atoms with E-state index in [1.54, 1.807) is 35.1 Å². The van der Waals surface area contributed by atoms with Gasteiger partial charge in [-0.3, -0.25) is 14.4 Å². The summed E-state index contributed by atoms with van der Waals surface area (Å²) in [6, 6.07) is 4.61. The molecule has 1 aromatic carbocycles. The van der Waals surface area contributed by atoms with Gasteiger partial charge < -0.3 is 9.30 Å². The van der Waals surface area contributed by atoms with Gasteiger partial charge in [0.05, 0.1) is 6.33 Å². The number of fused-ring (bicyclic) bond motifs is 1. The maximum Gasteiger partial charge on any atom is 0.280 e. The lowest BCUT2D eigenvalue weighted by molar-refractivity contribution is 0.167. The molecule has 4 rings (SSSR count). The minimum Gasteiger partial charge on any atom is -0.456 e. The number of benzene rings is 1. The van der Waals surface area contributed by atoms with E-state index in [0.29, 0.717) is 40.6 Å². The molecule has 0 saturated carbocycles. The number of hydrazone groups is 1. The highest BCUT2D eigenvalue weighted by molar-refractivity contribution is 6.30. The number of aryl methyl sites for hydroxylation is 1. The molecule has 0 aliphatic carbocycles. The van der Waals surface area contributed by atoms with Crippen LogP contribution in [0, 0.1) is 5.82 Å². The van der Waals surface area contributed by atoms with Gasteiger partial charge in [-0.25, -0.2) is 14.4 Å². The van der Waals surface area contributed by atoms with Gasteiger partial charge in [0.2, 0.25) is 5.90 Å². The zero-order valence-corrected chi connectivity index (χ0v) is 15.2. The third kappa shape index (κ3) is 3.50. The van der Waals surface area contributed by atoms with Crippen LogP contribution in [-0.4, -0.2) is 43.3 Å². The standard InChI is InChI=1S/C17H16ClFN6O2/c1-23-8-20-16-15(23)17(26)24(9-21-16)7-14-22-25(10-27-14)5-4-11-2-3-12(18)6-13(11)19/h2-3,6,8-9H,4-5,7,10H2,1H3. The van der Waals surface area contributed by atoms with E-state index in [1.807, 2.05) is 0 Å². The van der Waals surface area contributed by atoms with Gasteiger partial charge >= 0.3 is 0 Å². The number of aromatic nitrogens is 4. The summed E-state index contributed by atoms with van der Waals surface area (Å²) in [5, 5.41) is 6.40. The maximum absolute atomic E-state index is 13.8. The summed E-state index contributed by atoms with van der Waals surface area (Å²) in [7, 11) is 1.74. The first-order chi connectivity index (χ1) is 13.0. The minimum atomic E-state index is -0.339. The molecule has 0 unspecified atom stereocenters. The van der Waals surface area contributed by atoms with E-state index in [9.17, 15) is 9.18 Å². The van der Waals surface area contributed by atoms with Crippen LogP contribution in [0.3, 0.4) is 0 Å². The van der Waals surface area contributed by atoms with E-state index in [0.717, 1.165) is 0 Å². The summed E-state index contributed by atoms with van der Waals surface area (Å²) < 4.78 is 22.4. The summed E-state index contributed by atoms with van der Waals surface area (Å²) in [6.07, 6.45) is 3.44. The molecule has 8 nitrogen and oxygen atoms in total. The molecule has 0 fully saturated rings. The Bertz CT molecular complexity index is 1090. The molecule has 0 radical (unpaired) electrons. The Morgan fingerprint density at radius 3 is 2.93 bits per heavy atom. The van der Waals surface area contributed by atoms with Crippen LogP contribution >= 0.6 is 11.6 Å². The van der Waals surface area contributed by atoms with Crippen LogP contribution in [0.2, 0.25) is 5.02 Å². The predicted octanol–water partition coefficient (Wildman–Crippen LogP) is 1.77. The molecule has 2 aromatic heterocycles.